The molecule has 3 aromatic carbocycles. The highest BCUT2D eigenvalue weighted by Gasteiger charge is 2.45. The van der Waals surface area contributed by atoms with E-state index < -0.39 is 11.6 Å². The van der Waals surface area contributed by atoms with Crippen molar-refractivity contribution >= 4 is 27.5 Å². The molecule has 1 N–H and O–H groups in total. The van der Waals surface area contributed by atoms with Crippen molar-refractivity contribution in [1.82, 2.24) is 14.9 Å². The minimum atomic E-state index is -0.581. The quantitative estimate of drug-likeness (QED) is 0.292. The summed E-state index contributed by atoms with van der Waals surface area (Å²) in [5.74, 6) is 1.89. The minimum absolute atomic E-state index is 0.0207. The summed E-state index contributed by atoms with van der Waals surface area (Å²) in [6.07, 6.45) is 12.4. The van der Waals surface area contributed by atoms with E-state index in [1.807, 2.05) is 0 Å². The first-order valence-corrected chi connectivity index (χ1v) is 15.6. The molecule has 5 heterocycles. The maximum Gasteiger partial charge on any atom is 0.319 e. The number of aryl methyl sites for hydroxylation is 1. The molecule has 0 bridgehead atoms. The molecule has 9 heteroatoms. The van der Waals surface area contributed by atoms with E-state index in [0.29, 0.717) is 53.8 Å². The van der Waals surface area contributed by atoms with Crippen LogP contribution in [0.2, 0.25) is 0 Å². The normalized spacial score (nSPS) is 21.1. The van der Waals surface area contributed by atoms with Gasteiger partial charge in [-0.25, -0.2) is 8.78 Å². The first-order valence-electron chi connectivity index (χ1n) is 15.6. The van der Waals surface area contributed by atoms with Crippen LogP contribution in [0.4, 0.5) is 14.6 Å². The van der Waals surface area contributed by atoms with Gasteiger partial charge in [0.25, 0.3) is 0 Å². The summed E-state index contributed by atoms with van der Waals surface area (Å²) >= 11 is 0. The standard InChI is InChI=1S/C35H34F2N4O3/c1-2-25-28(36)9-7-21-16-24(42)18-26(29(21)25)27-17-22-6-8-23-19-43-15-5-14-41(23)33-30(22)32(31(27)37)38-34(39-33)44-20-35-10-3-12-40(35)13-4-11-35/h1,7,9,16-18,23,42H,3-6,8,10-15,19-20H2. The Balaban J connectivity index is 1.34. The van der Waals surface area contributed by atoms with Gasteiger partial charge in [-0.1, -0.05) is 12.0 Å². The van der Waals surface area contributed by atoms with Crippen LogP contribution in [-0.2, 0) is 11.2 Å². The molecule has 4 aromatic rings. The zero-order valence-electron chi connectivity index (χ0n) is 24.5. The SMILES string of the molecule is C#Cc1c(F)ccc2cc(O)cc(-c3cc4c5c(nc(OCC67CCCN6CCC7)nc5c3F)N3CCCOCC3CC4)c12. The Hall–Kier alpha value is -4.00. The van der Waals surface area contributed by atoms with Crippen molar-refractivity contribution in [2.24, 2.45) is 0 Å². The Kier molecular flexibility index (Phi) is 6.61. The molecule has 226 valence electrons. The molecule has 4 aliphatic rings. The zero-order chi connectivity index (χ0) is 30.0. The first kappa shape index (κ1) is 27.5. The summed E-state index contributed by atoms with van der Waals surface area (Å²) < 4.78 is 44.3. The van der Waals surface area contributed by atoms with Crippen LogP contribution in [-0.4, -0.2) is 71.0 Å². The van der Waals surface area contributed by atoms with Gasteiger partial charge in [0.15, 0.2) is 5.82 Å². The summed E-state index contributed by atoms with van der Waals surface area (Å²) in [6.45, 7) is 4.57. The highest BCUT2D eigenvalue weighted by atomic mass is 19.1. The van der Waals surface area contributed by atoms with Gasteiger partial charge >= 0.3 is 6.01 Å². The number of aromatic nitrogens is 2. The molecule has 4 aliphatic heterocycles. The van der Waals surface area contributed by atoms with Crippen molar-refractivity contribution in [2.45, 2.75) is 56.5 Å². The third-order valence-electron chi connectivity index (χ3n) is 10.2. The summed E-state index contributed by atoms with van der Waals surface area (Å²) in [5.41, 5.74) is 1.57. The maximum absolute atomic E-state index is 17.0. The number of phenolic OH excluding ortho intramolecular Hbond substituents is 1. The minimum Gasteiger partial charge on any atom is -0.508 e. The molecule has 3 saturated heterocycles. The van der Waals surface area contributed by atoms with E-state index in [-0.39, 0.29) is 40.0 Å². The number of fused-ring (bicyclic) bond motifs is 4. The van der Waals surface area contributed by atoms with Gasteiger partial charge < -0.3 is 19.5 Å². The Bertz CT molecular complexity index is 1840. The van der Waals surface area contributed by atoms with E-state index in [9.17, 15) is 9.50 Å². The average Bonchev–Trinajstić information content (AvgIpc) is 3.46. The van der Waals surface area contributed by atoms with Crippen LogP contribution in [0.25, 0.3) is 32.8 Å². The number of halogens is 2. The fourth-order valence-corrected chi connectivity index (χ4v) is 8.09. The second-order valence-electron chi connectivity index (χ2n) is 12.6. The monoisotopic (exact) mass is 596 g/mol. The van der Waals surface area contributed by atoms with E-state index in [2.05, 4.69) is 15.7 Å². The predicted octanol–water partition coefficient (Wildman–Crippen LogP) is 5.96. The Labute approximate surface area is 254 Å². The van der Waals surface area contributed by atoms with Crippen LogP contribution in [0.5, 0.6) is 11.8 Å². The van der Waals surface area contributed by atoms with Gasteiger partial charge in [-0.2, -0.15) is 9.97 Å². The van der Waals surface area contributed by atoms with E-state index in [4.69, 9.17) is 25.9 Å². The first-order chi connectivity index (χ1) is 21.5. The number of phenols is 1. The topological polar surface area (TPSA) is 71.0 Å². The van der Waals surface area contributed by atoms with Crippen molar-refractivity contribution in [3.05, 3.63) is 53.1 Å². The van der Waals surface area contributed by atoms with Gasteiger partial charge in [0, 0.05) is 29.5 Å². The summed E-state index contributed by atoms with van der Waals surface area (Å²) in [6, 6.07) is 7.80. The fraction of sp³-hybridized carbons (Fsp3) is 0.429. The summed E-state index contributed by atoms with van der Waals surface area (Å²) in [5, 5.41) is 12.2. The lowest BCUT2D eigenvalue weighted by Gasteiger charge is -2.32. The molecular weight excluding hydrogens is 562 g/mol. The molecule has 7 nitrogen and oxygen atoms in total. The van der Waals surface area contributed by atoms with Crippen LogP contribution >= 0.6 is 0 Å². The molecule has 1 atom stereocenters. The van der Waals surface area contributed by atoms with Crippen LogP contribution in [0.15, 0.2) is 30.3 Å². The molecule has 1 unspecified atom stereocenters. The van der Waals surface area contributed by atoms with Crippen LogP contribution in [0.3, 0.4) is 0 Å². The number of terminal acetylenes is 1. The maximum atomic E-state index is 17.0. The van der Waals surface area contributed by atoms with Crippen LogP contribution in [0.1, 0.15) is 49.7 Å². The van der Waals surface area contributed by atoms with E-state index >= 15 is 4.39 Å². The van der Waals surface area contributed by atoms with Crippen molar-refractivity contribution in [3.63, 3.8) is 0 Å². The van der Waals surface area contributed by atoms with E-state index in [1.54, 1.807) is 12.1 Å². The average molecular weight is 597 g/mol. The smallest absolute Gasteiger partial charge is 0.319 e. The largest absolute Gasteiger partial charge is 0.508 e. The third kappa shape index (κ3) is 4.30. The third-order valence-corrected chi connectivity index (χ3v) is 10.2. The lowest BCUT2D eigenvalue weighted by Crippen LogP contribution is -2.43. The molecule has 1 aromatic heterocycles. The van der Waals surface area contributed by atoms with Crippen LogP contribution < -0.4 is 9.64 Å². The second kappa shape index (κ2) is 10.6. The van der Waals surface area contributed by atoms with E-state index in [0.717, 1.165) is 63.7 Å². The molecular formula is C35H34F2N4O3. The number of hydrogen-bond acceptors (Lipinski definition) is 7. The number of aromatic hydroxyl groups is 1. The molecule has 44 heavy (non-hydrogen) atoms. The fourth-order valence-electron chi connectivity index (χ4n) is 8.09. The number of benzene rings is 3. The van der Waals surface area contributed by atoms with Crippen LogP contribution in [0, 0.1) is 24.0 Å². The van der Waals surface area contributed by atoms with Gasteiger partial charge in [-0.05, 0) is 98.8 Å². The number of nitrogens with zero attached hydrogens (tertiary/aromatic N) is 4. The molecule has 3 fully saturated rings. The number of rotatable bonds is 4. The van der Waals surface area contributed by atoms with Crippen molar-refractivity contribution < 1.29 is 23.4 Å². The zero-order valence-corrected chi connectivity index (χ0v) is 24.5. The van der Waals surface area contributed by atoms with Gasteiger partial charge in [-0.15, -0.1) is 6.42 Å². The van der Waals surface area contributed by atoms with Crippen molar-refractivity contribution in [1.29, 1.82) is 0 Å². The highest BCUT2D eigenvalue weighted by Crippen LogP contribution is 2.44. The second-order valence-corrected chi connectivity index (χ2v) is 12.6. The Morgan fingerprint density at radius 3 is 2.70 bits per heavy atom. The lowest BCUT2D eigenvalue weighted by molar-refractivity contribution is 0.108. The summed E-state index contributed by atoms with van der Waals surface area (Å²) in [4.78, 5) is 14.5. The van der Waals surface area contributed by atoms with Crippen molar-refractivity contribution in [2.75, 3.05) is 44.4 Å². The highest BCUT2D eigenvalue weighted by molar-refractivity contribution is 6.05. The predicted molar refractivity (Wildman–Crippen MR) is 165 cm³/mol. The number of anilines is 1. The van der Waals surface area contributed by atoms with Gasteiger partial charge in [0.05, 0.1) is 23.8 Å². The molecule has 8 rings (SSSR count). The lowest BCUT2D eigenvalue weighted by atomic mass is 9.91. The molecule has 0 amide bonds. The molecule has 0 aliphatic carbocycles. The molecule has 0 radical (unpaired) electrons. The van der Waals surface area contributed by atoms with Gasteiger partial charge in [-0.3, -0.25) is 4.90 Å². The molecule has 0 spiro atoms. The van der Waals surface area contributed by atoms with Gasteiger partial charge in [0.2, 0.25) is 0 Å². The van der Waals surface area contributed by atoms with Gasteiger partial charge in [0.1, 0.15) is 29.5 Å². The van der Waals surface area contributed by atoms with Crippen molar-refractivity contribution in [3.8, 4) is 35.2 Å². The summed E-state index contributed by atoms with van der Waals surface area (Å²) in [7, 11) is 0. The van der Waals surface area contributed by atoms with E-state index in [1.165, 1.54) is 18.2 Å². The number of hydrogen-bond donors (Lipinski definition) is 1. The number of ether oxygens (including phenoxy) is 2. The Morgan fingerprint density at radius 1 is 1.05 bits per heavy atom. The molecule has 0 saturated carbocycles. The Morgan fingerprint density at radius 2 is 1.89 bits per heavy atom.